The van der Waals surface area contributed by atoms with Crippen molar-refractivity contribution >= 4 is 23.2 Å². The van der Waals surface area contributed by atoms with E-state index in [9.17, 15) is 9.59 Å². The number of nitrogens with zero attached hydrogens (tertiary/aromatic N) is 2. The number of carbonyl (C=O) groups is 2. The molecule has 1 saturated heterocycles. The topological polar surface area (TPSA) is 49.9 Å². The first kappa shape index (κ1) is 18.4. The van der Waals surface area contributed by atoms with E-state index >= 15 is 0 Å². The molecule has 0 radical (unpaired) electrons. The summed E-state index contributed by atoms with van der Waals surface area (Å²) in [6.07, 6.45) is 4.72. The Bertz CT molecular complexity index is 616. The summed E-state index contributed by atoms with van der Waals surface area (Å²) in [5.74, 6) is -0.0410. The minimum absolute atomic E-state index is 0.139. The van der Waals surface area contributed by atoms with Gasteiger partial charge in [0, 0.05) is 11.4 Å². The summed E-state index contributed by atoms with van der Waals surface area (Å²) in [6.45, 7) is 6.25. The van der Waals surface area contributed by atoms with Crippen LogP contribution in [-0.2, 0) is 20.7 Å². The number of likely N-dealkylation sites (tertiary alicyclic amines) is 1. The molecule has 6 heteroatoms. The van der Waals surface area contributed by atoms with Crippen LogP contribution in [0.25, 0.3) is 0 Å². The summed E-state index contributed by atoms with van der Waals surface area (Å²) in [5, 5.41) is 2.13. The number of piperidine rings is 1. The first-order valence-corrected chi connectivity index (χ1v) is 10.3. The highest BCUT2D eigenvalue weighted by Gasteiger charge is 2.35. The van der Waals surface area contributed by atoms with Gasteiger partial charge in [0.05, 0.1) is 19.2 Å². The lowest BCUT2D eigenvalue weighted by Crippen LogP contribution is -2.51. The number of rotatable bonds is 5. The van der Waals surface area contributed by atoms with Gasteiger partial charge in [0.25, 0.3) is 0 Å². The van der Waals surface area contributed by atoms with Crippen molar-refractivity contribution < 1.29 is 14.3 Å². The van der Waals surface area contributed by atoms with E-state index in [-0.39, 0.29) is 24.0 Å². The minimum Gasteiger partial charge on any atom is -0.465 e. The monoisotopic (exact) mass is 364 g/mol. The smallest absolute Gasteiger partial charge is 0.323 e. The normalized spacial score (nSPS) is 24.0. The summed E-state index contributed by atoms with van der Waals surface area (Å²) in [5.41, 5.74) is 1.31. The number of ether oxygens (including phenoxy) is 1. The van der Waals surface area contributed by atoms with E-state index in [1.54, 1.807) is 11.3 Å². The zero-order chi connectivity index (χ0) is 17.8. The molecule has 5 nitrogen and oxygen atoms in total. The molecule has 1 amide bonds. The fourth-order valence-corrected chi connectivity index (χ4v) is 5.01. The van der Waals surface area contributed by atoms with Crippen LogP contribution in [0, 0.1) is 0 Å². The van der Waals surface area contributed by atoms with E-state index in [1.807, 2.05) is 16.7 Å². The lowest BCUT2D eigenvalue weighted by atomic mass is 9.97. The van der Waals surface area contributed by atoms with E-state index in [1.165, 1.54) is 10.4 Å². The third-order valence-electron chi connectivity index (χ3n) is 5.31. The molecule has 1 fully saturated rings. The van der Waals surface area contributed by atoms with Gasteiger partial charge >= 0.3 is 5.97 Å². The first-order chi connectivity index (χ1) is 12.2. The second kappa shape index (κ2) is 8.32. The van der Waals surface area contributed by atoms with Crippen molar-refractivity contribution in [3.63, 3.8) is 0 Å². The third-order valence-corrected chi connectivity index (χ3v) is 6.31. The molecule has 25 heavy (non-hydrogen) atoms. The van der Waals surface area contributed by atoms with Gasteiger partial charge in [0.1, 0.15) is 6.04 Å². The van der Waals surface area contributed by atoms with E-state index in [0.717, 1.165) is 45.2 Å². The summed E-state index contributed by atoms with van der Waals surface area (Å²) in [7, 11) is 0. The fraction of sp³-hybridized carbons (Fsp3) is 0.684. The molecule has 2 unspecified atom stereocenters. The average Bonchev–Trinajstić information content (AvgIpc) is 3.10. The quantitative estimate of drug-likeness (QED) is 0.754. The van der Waals surface area contributed by atoms with Gasteiger partial charge in [-0.2, -0.15) is 0 Å². The molecule has 2 aliphatic rings. The largest absolute Gasteiger partial charge is 0.465 e. The number of amides is 1. The molecule has 0 aliphatic carbocycles. The standard InChI is InChI=1S/C19H28N2O3S/c1-3-15-14-9-12-25-17(14)8-11-21(15)18(22)13-20-10-6-5-7-16(20)19(23)24-4-2/h9,12,15-16H,3-8,10-11,13H2,1-2H3. The van der Waals surface area contributed by atoms with Crippen molar-refractivity contribution in [2.45, 2.75) is 58.0 Å². The number of hydrogen-bond acceptors (Lipinski definition) is 5. The van der Waals surface area contributed by atoms with Gasteiger partial charge in [-0.1, -0.05) is 13.3 Å². The second-order valence-electron chi connectivity index (χ2n) is 6.79. The molecule has 0 saturated carbocycles. The zero-order valence-corrected chi connectivity index (χ0v) is 16.0. The Kier molecular flexibility index (Phi) is 6.12. The maximum absolute atomic E-state index is 13.0. The van der Waals surface area contributed by atoms with Gasteiger partial charge in [-0.05, 0) is 56.2 Å². The van der Waals surface area contributed by atoms with Crippen LogP contribution < -0.4 is 0 Å². The molecule has 138 valence electrons. The van der Waals surface area contributed by atoms with E-state index in [0.29, 0.717) is 13.2 Å². The fourth-order valence-electron chi connectivity index (χ4n) is 4.09. The van der Waals surface area contributed by atoms with E-state index < -0.39 is 0 Å². The van der Waals surface area contributed by atoms with Crippen LogP contribution in [-0.4, -0.2) is 54.0 Å². The van der Waals surface area contributed by atoms with Crippen LogP contribution in [0.15, 0.2) is 11.4 Å². The number of fused-ring (bicyclic) bond motifs is 1. The molecule has 0 bridgehead atoms. The highest BCUT2D eigenvalue weighted by Crippen LogP contribution is 2.35. The molecule has 0 spiro atoms. The maximum Gasteiger partial charge on any atom is 0.323 e. The van der Waals surface area contributed by atoms with Gasteiger partial charge in [0.15, 0.2) is 0 Å². The predicted molar refractivity (Wildman–Crippen MR) is 98.6 cm³/mol. The van der Waals surface area contributed by atoms with Gasteiger partial charge in [0.2, 0.25) is 5.91 Å². The Labute approximate surface area is 153 Å². The van der Waals surface area contributed by atoms with Crippen LogP contribution in [0.3, 0.4) is 0 Å². The number of thiophene rings is 1. The SMILES string of the molecule is CCOC(=O)C1CCCCN1CC(=O)N1CCc2sccc2C1CC. The number of esters is 1. The van der Waals surface area contributed by atoms with Crippen molar-refractivity contribution in [2.75, 3.05) is 26.2 Å². The summed E-state index contributed by atoms with van der Waals surface area (Å²) in [4.78, 5) is 30.7. The van der Waals surface area contributed by atoms with Gasteiger partial charge in [-0.3, -0.25) is 14.5 Å². The van der Waals surface area contributed by atoms with Gasteiger partial charge in [-0.25, -0.2) is 0 Å². The maximum atomic E-state index is 13.0. The van der Waals surface area contributed by atoms with E-state index in [2.05, 4.69) is 18.4 Å². The molecular weight excluding hydrogens is 336 g/mol. The first-order valence-electron chi connectivity index (χ1n) is 9.42. The Balaban J connectivity index is 1.69. The van der Waals surface area contributed by atoms with Crippen molar-refractivity contribution in [1.82, 2.24) is 9.80 Å². The Hall–Kier alpha value is -1.40. The second-order valence-corrected chi connectivity index (χ2v) is 7.80. The van der Waals surface area contributed by atoms with Crippen LogP contribution in [0.1, 0.15) is 56.0 Å². The minimum atomic E-state index is -0.265. The summed E-state index contributed by atoms with van der Waals surface area (Å²) < 4.78 is 5.21. The van der Waals surface area contributed by atoms with Gasteiger partial charge < -0.3 is 9.64 Å². The third kappa shape index (κ3) is 3.90. The molecule has 1 aromatic rings. The molecular formula is C19H28N2O3S. The average molecular weight is 365 g/mol. The Morgan fingerprint density at radius 3 is 2.88 bits per heavy atom. The predicted octanol–water partition coefficient (Wildman–Crippen LogP) is 3.00. The van der Waals surface area contributed by atoms with Crippen LogP contribution >= 0.6 is 11.3 Å². The highest BCUT2D eigenvalue weighted by atomic mass is 32.1. The zero-order valence-electron chi connectivity index (χ0n) is 15.2. The summed E-state index contributed by atoms with van der Waals surface area (Å²) in [6, 6.07) is 2.07. The Morgan fingerprint density at radius 1 is 1.28 bits per heavy atom. The van der Waals surface area contributed by atoms with Crippen molar-refractivity contribution in [1.29, 1.82) is 0 Å². The number of carbonyl (C=O) groups excluding carboxylic acids is 2. The van der Waals surface area contributed by atoms with Crippen LogP contribution in [0.5, 0.6) is 0 Å². The molecule has 2 aliphatic heterocycles. The molecule has 2 atom stereocenters. The Morgan fingerprint density at radius 2 is 2.12 bits per heavy atom. The lowest BCUT2D eigenvalue weighted by molar-refractivity contribution is -0.152. The number of hydrogen-bond donors (Lipinski definition) is 0. The van der Waals surface area contributed by atoms with Crippen molar-refractivity contribution in [2.24, 2.45) is 0 Å². The van der Waals surface area contributed by atoms with Crippen LogP contribution in [0.2, 0.25) is 0 Å². The van der Waals surface area contributed by atoms with Crippen molar-refractivity contribution in [3.05, 3.63) is 21.9 Å². The highest BCUT2D eigenvalue weighted by molar-refractivity contribution is 7.10. The molecule has 3 heterocycles. The molecule has 3 rings (SSSR count). The van der Waals surface area contributed by atoms with E-state index in [4.69, 9.17) is 4.74 Å². The lowest BCUT2D eigenvalue weighted by Gasteiger charge is -2.39. The van der Waals surface area contributed by atoms with Gasteiger partial charge in [-0.15, -0.1) is 11.3 Å². The molecule has 1 aromatic heterocycles. The molecule has 0 aromatic carbocycles. The van der Waals surface area contributed by atoms with Crippen molar-refractivity contribution in [3.8, 4) is 0 Å². The summed E-state index contributed by atoms with van der Waals surface area (Å²) >= 11 is 1.79. The van der Waals surface area contributed by atoms with Crippen LogP contribution in [0.4, 0.5) is 0 Å². The molecule has 0 N–H and O–H groups in total.